The van der Waals surface area contributed by atoms with Crippen LogP contribution in [0, 0.1) is 6.92 Å². The summed E-state index contributed by atoms with van der Waals surface area (Å²) < 4.78 is 24.3. The molecule has 1 aliphatic heterocycles. The van der Waals surface area contributed by atoms with E-state index in [-0.39, 0.29) is 22.3 Å². The highest BCUT2D eigenvalue weighted by molar-refractivity contribution is 5.91. The summed E-state index contributed by atoms with van der Waals surface area (Å²) in [5.41, 5.74) is -0.564. The van der Waals surface area contributed by atoms with Crippen molar-refractivity contribution in [1.29, 1.82) is 0 Å². The van der Waals surface area contributed by atoms with Crippen molar-refractivity contribution < 1.29 is 33.3 Å². The van der Waals surface area contributed by atoms with Crippen molar-refractivity contribution in [3.05, 3.63) is 140 Å². The number of hydrogen-bond donors (Lipinski definition) is 1. The highest BCUT2D eigenvalue weighted by Crippen LogP contribution is 2.34. The Bertz CT molecular complexity index is 1680. The van der Waals surface area contributed by atoms with Crippen LogP contribution in [0.4, 0.5) is 0 Å². The Morgan fingerprint density at radius 3 is 1.74 bits per heavy atom. The van der Waals surface area contributed by atoms with Gasteiger partial charge in [0.15, 0.2) is 18.4 Å². The molecule has 0 unspecified atom stereocenters. The van der Waals surface area contributed by atoms with Crippen LogP contribution < -0.4 is 11.2 Å². The second-order valence-electron chi connectivity index (χ2n) is 9.48. The van der Waals surface area contributed by atoms with E-state index in [0.717, 1.165) is 4.57 Å². The van der Waals surface area contributed by atoms with Crippen LogP contribution in [0.5, 0.6) is 0 Å². The van der Waals surface area contributed by atoms with Gasteiger partial charge in [0.1, 0.15) is 12.7 Å². The molecular weight excluding hydrogens is 544 g/mol. The first-order valence-corrected chi connectivity index (χ1v) is 13.0. The molecule has 4 aromatic rings. The van der Waals surface area contributed by atoms with E-state index < -0.39 is 60.3 Å². The number of aromatic amines is 1. The molecule has 0 saturated carbocycles. The van der Waals surface area contributed by atoms with Gasteiger partial charge in [-0.1, -0.05) is 54.6 Å². The fourth-order valence-electron chi connectivity index (χ4n) is 4.46. The van der Waals surface area contributed by atoms with Gasteiger partial charge in [-0.3, -0.25) is 14.3 Å². The van der Waals surface area contributed by atoms with Gasteiger partial charge in [-0.2, -0.15) is 0 Å². The minimum Gasteiger partial charge on any atom is -0.459 e. The number of aryl methyl sites for hydroxylation is 1. The summed E-state index contributed by atoms with van der Waals surface area (Å²) in [6, 6.07) is 24.4. The van der Waals surface area contributed by atoms with E-state index in [1.165, 1.54) is 25.3 Å². The van der Waals surface area contributed by atoms with E-state index in [4.69, 9.17) is 18.9 Å². The number of ether oxygens (including phenoxy) is 4. The van der Waals surface area contributed by atoms with Gasteiger partial charge >= 0.3 is 23.6 Å². The van der Waals surface area contributed by atoms with E-state index >= 15 is 0 Å². The largest absolute Gasteiger partial charge is 0.459 e. The maximum atomic E-state index is 13.2. The second kappa shape index (κ2) is 12.5. The number of carbonyl (C=O) groups excluding carboxylic acids is 3. The third-order valence-corrected chi connectivity index (χ3v) is 6.60. The molecule has 2 heterocycles. The Morgan fingerprint density at radius 1 is 0.738 bits per heavy atom. The molecule has 0 amide bonds. The van der Waals surface area contributed by atoms with Crippen molar-refractivity contribution in [1.82, 2.24) is 9.55 Å². The van der Waals surface area contributed by atoms with Crippen LogP contribution in [0.2, 0.25) is 0 Å². The van der Waals surface area contributed by atoms with Crippen LogP contribution in [0.15, 0.2) is 107 Å². The Kier molecular flexibility index (Phi) is 8.39. The molecule has 0 spiro atoms. The topological polar surface area (TPSA) is 143 Å². The molecule has 1 N–H and O–H groups in total. The number of nitrogens with one attached hydrogen (secondary N) is 1. The number of benzene rings is 3. The van der Waals surface area contributed by atoms with Crippen molar-refractivity contribution >= 4 is 17.9 Å². The number of esters is 3. The third-order valence-electron chi connectivity index (χ3n) is 6.60. The molecule has 42 heavy (non-hydrogen) atoms. The van der Waals surface area contributed by atoms with E-state index in [9.17, 15) is 24.0 Å². The standard InChI is InChI=1S/C31H26N2O9/c1-19-17-33(31(38)32-26(19)34)27-25(42-30(37)22-15-9-4-10-16-22)24(41-29(36)21-13-7-3-8-14-21)23(40-27)18-39-28(35)20-11-5-2-6-12-20/h2-17,23-25,27H,18H2,1H3,(H,32,34,38)/t23-,24-,25-,27-/m0/s1. The molecule has 11 heteroatoms. The maximum Gasteiger partial charge on any atom is 0.338 e. The molecule has 11 nitrogen and oxygen atoms in total. The zero-order valence-corrected chi connectivity index (χ0v) is 22.4. The van der Waals surface area contributed by atoms with Crippen molar-refractivity contribution in [2.75, 3.05) is 6.61 Å². The molecule has 3 aromatic carbocycles. The lowest BCUT2D eigenvalue weighted by Crippen LogP contribution is -2.43. The molecule has 1 fully saturated rings. The summed E-state index contributed by atoms with van der Waals surface area (Å²) in [6.07, 6.45) is -3.96. The Morgan fingerprint density at radius 2 is 1.21 bits per heavy atom. The first-order chi connectivity index (χ1) is 20.3. The summed E-state index contributed by atoms with van der Waals surface area (Å²) >= 11 is 0. The van der Waals surface area contributed by atoms with E-state index in [1.807, 2.05) is 0 Å². The minimum absolute atomic E-state index is 0.183. The number of hydrogen-bond acceptors (Lipinski definition) is 9. The second-order valence-corrected chi connectivity index (χ2v) is 9.48. The lowest BCUT2D eigenvalue weighted by atomic mass is 10.1. The number of nitrogens with zero attached hydrogens (tertiary/aromatic N) is 1. The van der Waals surface area contributed by atoms with E-state index in [0.29, 0.717) is 0 Å². The van der Waals surface area contributed by atoms with Crippen molar-refractivity contribution in [2.45, 2.75) is 31.5 Å². The van der Waals surface area contributed by atoms with Crippen LogP contribution in [-0.2, 0) is 18.9 Å². The Labute approximate surface area is 239 Å². The molecule has 0 aliphatic carbocycles. The monoisotopic (exact) mass is 570 g/mol. The quantitative estimate of drug-likeness (QED) is 0.250. The van der Waals surface area contributed by atoms with Crippen LogP contribution in [-0.4, -0.2) is 52.4 Å². The normalized spacial score (nSPS) is 19.5. The molecule has 0 radical (unpaired) electrons. The first-order valence-electron chi connectivity index (χ1n) is 13.0. The summed E-state index contributed by atoms with van der Waals surface area (Å²) in [5, 5.41) is 0. The molecule has 214 valence electrons. The van der Waals surface area contributed by atoms with Crippen LogP contribution in [0.3, 0.4) is 0 Å². The van der Waals surface area contributed by atoms with Crippen molar-refractivity contribution in [3.63, 3.8) is 0 Å². The predicted molar refractivity (Wildman–Crippen MR) is 148 cm³/mol. The number of carbonyl (C=O) groups is 3. The lowest BCUT2D eigenvalue weighted by Gasteiger charge is -2.25. The average molecular weight is 571 g/mol. The van der Waals surface area contributed by atoms with Gasteiger partial charge in [-0.15, -0.1) is 0 Å². The Hall–Kier alpha value is -5.29. The van der Waals surface area contributed by atoms with Crippen molar-refractivity contribution in [3.8, 4) is 0 Å². The lowest BCUT2D eigenvalue weighted by molar-refractivity contribution is -0.0640. The first kappa shape index (κ1) is 28.2. The van der Waals surface area contributed by atoms with Crippen LogP contribution >= 0.6 is 0 Å². The average Bonchev–Trinajstić information content (AvgIpc) is 3.34. The summed E-state index contributed by atoms with van der Waals surface area (Å²) in [6.45, 7) is 1.08. The van der Waals surface area contributed by atoms with Gasteiger partial charge < -0.3 is 18.9 Å². The summed E-state index contributed by atoms with van der Waals surface area (Å²) in [7, 11) is 0. The summed E-state index contributed by atoms with van der Waals surface area (Å²) in [4.78, 5) is 66.2. The van der Waals surface area contributed by atoms with Crippen molar-refractivity contribution in [2.24, 2.45) is 0 Å². The molecule has 1 aromatic heterocycles. The number of rotatable bonds is 8. The fourth-order valence-corrected chi connectivity index (χ4v) is 4.46. The summed E-state index contributed by atoms with van der Waals surface area (Å²) in [5.74, 6) is -2.19. The molecule has 4 atom stereocenters. The van der Waals surface area contributed by atoms with E-state index in [2.05, 4.69) is 4.98 Å². The molecule has 0 bridgehead atoms. The molecular formula is C31H26N2O9. The van der Waals surface area contributed by atoms with E-state index in [1.54, 1.807) is 78.9 Å². The van der Waals surface area contributed by atoms with Crippen LogP contribution in [0.25, 0.3) is 0 Å². The predicted octanol–water partition coefficient (Wildman–Crippen LogP) is 3.05. The fraction of sp³-hybridized carbons (Fsp3) is 0.194. The molecule has 1 aliphatic rings. The van der Waals surface area contributed by atoms with Crippen LogP contribution in [0.1, 0.15) is 42.9 Å². The zero-order chi connectivity index (χ0) is 29.6. The van der Waals surface area contributed by atoms with Gasteiger partial charge in [0.25, 0.3) is 5.56 Å². The smallest absolute Gasteiger partial charge is 0.338 e. The molecule has 1 saturated heterocycles. The third kappa shape index (κ3) is 6.21. The minimum atomic E-state index is -1.38. The highest BCUT2D eigenvalue weighted by atomic mass is 16.7. The van der Waals surface area contributed by atoms with Gasteiger partial charge in [-0.05, 0) is 43.3 Å². The number of H-pyrrole nitrogens is 1. The maximum absolute atomic E-state index is 13.2. The zero-order valence-electron chi connectivity index (χ0n) is 22.4. The molecule has 5 rings (SSSR count). The number of aromatic nitrogens is 2. The highest BCUT2D eigenvalue weighted by Gasteiger charge is 2.51. The SMILES string of the molecule is Cc1cn([C@H]2O[C@@H](COC(=O)c3ccccc3)[C@H](OC(=O)c3ccccc3)[C@@H]2OC(=O)c2ccccc2)c(=O)[nH]c1=O. The van der Waals surface area contributed by atoms with Gasteiger partial charge in [0, 0.05) is 11.8 Å². The van der Waals surface area contributed by atoms with Gasteiger partial charge in [-0.25, -0.2) is 19.2 Å². The Balaban J connectivity index is 1.52. The van der Waals surface area contributed by atoms with Gasteiger partial charge in [0.2, 0.25) is 0 Å². The van der Waals surface area contributed by atoms with Gasteiger partial charge in [0.05, 0.1) is 16.7 Å².